The molecular weight excluding hydrogens is 318 g/mol. The van der Waals surface area contributed by atoms with Crippen LogP contribution in [0.4, 0.5) is 0 Å². The van der Waals surface area contributed by atoms with E-state index in [1.165, 1.54) is 0 Å². The Balaban J connectivity index is 2.08. The topological polar surface area (TPSA) is 28.5 Å². The van der Waals surface area contributed by atoms with Gasteiger partial charge in [-0.2, -0.15) is 0 Å². The first-order chi connectivity index (χ1) is 9.52. The molecule has 1 amide bonds. The van der Waals surface area contributed by atoms with E-state index in [2.05, 4.69) is 40.6 Å². The molecule has 0 aromatic carbocycles. The molecule has 1 aliphatic heterocycles. The second kappa shape index (κ2) is 6.47. The lowest BCUT2D eigenvalue weighted by Crippen LogP contribution is -2.49. The molecule has 4 nitrogen and oxygen atoms in total. The van der Waals surface area contributed by atoms with E-state index in [1.54, 1.807) is 0 Å². The Morgan fingerprint density at radius 3 is 2.60 bits per heavy atom. The number of carbonyl (C=O) groups is 1. The van der Waals surface area contributed by atoms with E-state index in [9.17, 15) is 4.79 Å². The first-order valence-corrected chi connectivity index (χ1v) is 7.64. The van der Waals surface area contributed by atoms with Gasteiger partial charge < -0.3 is 9.47 Å². The summed E-state index contributed by atoms with van der Waals surface area (Å²) >= 11 is 3.45. The number of hydrogen-bond acceptors (Lipinski definition) is 2. The second-order valence-electron chi connectivity index (χ2n) is 5.32. The maximum Gasteiger partial charge on any atom is 0.270 e. The van der Waals surface area contributed by atoms with Crippen molar-refractivity contribution in [2.45, 2.75) is 19.9 Å². The molecule has 0 unspecified atom stereocenters. The maximum atomic E-state index is 12.6. The zero-order valence-corrected chi connectivity index (χ0v) is 13.6. The minimum atomic E-state index is 0.102. The van der Waals surface area contributed by atoms with Gasteiger partial charge in [0, 0.05) is 42.9 Å². The molecule has 0 radical (unpaired) electrons. The third-order valence-corrected chi connectivity index (χ3v) is 4.00. The smallest absolute Gasteiger partial charge is 0.270 e. The van der Waals surface area contributed by atoms with Crippen molar-refractivity contribution < 1.29 is 4.79 Å². The van der Waals surface area contributed by atoms with Gasteiger partial charge in [-0.1, -0.05) is 5.92 Å². The zero-order chi connectivity index (χ0) is 14.7. The lowest BCUT2D eigenvalue weighted by molar-refractivity contribution is 0.0640. The Hall–Kier alpha value is -1.25. The molecular formula is C15H20BrN3O. The minimum Gasteiger partial charge on any atom is -0.340 e. The van der Waals surface area contributed by atoms with Crippen molar-refractivity contribution in [3.8, 4) is 12.3 Å². The van der Waals surface area contributed by atoms with Crippen molar-refractivity contribution in [1.29, 1.82) is 0 Å². The molecule has 0 bridgehead atoms. The van der Waals surface area contributed by atoms with Crippen LogP contribution in [0.25, 0.3) is 0 Å². The van der Waals surface area contributed by atoms with Gasteiger partial charge in [-0.15, -0.1) is 6.42 Å². The molecule has 0 N–H and O–H groups in total. The van der Waals surface area contributed by atoms with Crippen molar-refractivity contribution in [3.63, 3.8) is 0 Å². The number of carbonyl (C=O) groups excluding carboxylic acids is 1. The van der Waals surface area contributed by atoms with Gasteiger partial charge in [-0.3, -0.25) is 9.69 Å². The van der Waals surface area contributed by atoms with Crippen LogP contribution in [0.2, 0.25) is 0 Å². The summed E-state index contributed by atoms with van der Waals surface area (Å²) in [6.45, 7) is 7.99. The molecule has 0 aliphatic carbocycles. The normalized spacial score (nSPS) is 16.4. The van der Waals surface area contributed by atoms with Crippen LogP contribution in [-0.4, -0.2) is 53.0 Å². The van der Waals surface area contributed by atoms with Crippen molar-refractivity contribution in [2.75, 3.05) is 32.7 Å². The SMILES string of the molecule is C#CCN1CCN(C(=O)c2cc(Br)cn2C(C)C)CC1. The Kier molecular flexibility index (Phi) is 4.90. The maximum absolute atomic E-state index is 12.6. The molecule has 5 heteroatoms. The highest BCUT2D eigenvalue weighted by molar-refractivity contribution is 9.10. The Labute approximate surface area is 128 Å². The quantitative estimate of drug-likeness (QED) is 0.791. The van der Waals surface area contributed by atoms with Crippen LogP contribution >= 0.6 is 15.9 Å². The van der Waals surface area contributed by atoms with Gasteiger partial charge in [0.25, 0.3) is 5.91 Å². The lowest BCUT2D eigenvalue weighted by Gasteiger charge is -2.34. The fourth-order valence-electron chi connectivity index (χ4n) is 2.44. The number of hydrogen-bond donors (Lipinski definition) is 0. The lowest BCUT2D eigenvalue weighted by atomic mass is 10.2. The highest BCUT2D eigenvalue weighted by atomic mass is 79.9. The largest absolute Gasteiger partial charge is 0.340 e. The summed E-state index contributed by atoms with van der Waals surface area (Å²) < 4.78 is 2.96. The number of terminal acetylenes is 1. The van der Waals surface area contributed by atoms with Gasteiger partial charge in [-0.05, 0) is 35.8 Å². The predicted molar refractivity (Wildman–Crippen MR) is 83.7 cm³/mol. The summed E-state index contributed by atoms with van der Waals surface area (Å²) in [4.78, 5) is 16.7. The first-order valence-electron chi connectivity index (χ1n) is 6.85. The van der Waals surface area contributed by atoms with E-state index in [0.29, 0.717) is 6.54 Å². The van der Waals surface area contributed by atoms with Crippen molar-refractivity contribution in [3.05, 3.63) is 22.4 Å². The summed E-state index contributed by atoms with van der Waals surface area (Å²) in [6, 6.07) is 2.17. The number of rotatable bonds is 3. The molecule has 1 aromatic rings. The van der Waals surface area contributed by atoms with Gasteiger partial charge in [0.15, 0.2) is 0 Å². The summed E-state index contributed by atoms with van der Waals surface area (Å²) in [7, 11) is 0. The standard InChI is InChI=1S/C15H20BrN3O/c1-4-5-17-6-8-18(9-7-17)15(20)14-10-13(16)11-19(14)12(2)3/h1,10-12H,5-9H2,2-3H3. The average molecular weight is 338 g/mol. The monoisotopic (exact) mass is 337 g/mol. The van der Waals surface area contributed by atoms with E-state index < -0.39 is 0 Å². The van der Waals surface area contributed by atoms with E-state index in [4.69, 9.17) is 6.42 Å². The van der Waals surface area contributed by atoms with Crippen LogP contribution in [0, 0.1) is 12.3 Å². The first kappa shape index (κ1) is 15.1. The van der Waals surface area contributed by atoms with Gasteiger partial charge in [0.2, 0.25) is 0 Å². The predicted octanol–water partition coefficient (Wildman–Crippen LogP) is 2.22. The second-order valence-corrected chi connectivity index (χ2v) is 6.23. The number of halogens is 1. The van der Waals surface area contributed by atoms with Crippen LogP contribution < -0.4 is 0 Å². The van der Waals surface area contributed by atoms with Crippen LogP contribution in [0.5, 0.6) is 0 Å². The molecule has 0 spiro atoms. The number of amides is 1. The third-order valence-electron chi connectivity index (χ3n) is 3.57. The summed E-state index contributed by atoms with van der Waals surface area (Å²) in [5.74, 6) is 2.75. The Morgan fingerprint density at radius 1 is 1.40 bits per heavy atom. The molecule has 20 heavy (non-hydrogen) atoms. The van der Waals surface area contributed by atoms with Gasteiger partial charge in [0.05, 0.1) is 6.54 Å². The van der Waals surface area contributed by atoms with Crippen molar-refractivity contribution in [2.24, 2.45) is 0 Å². The Bertz CT molecular complexity index is 522. The summed E-state index contributed by atoms with van der Waals surface area (Å²) in [5, 5.41) is 0. The molecule has 1 aromatic heterocycles. The van der Waals surface area contributed by atoms with Gasteiger partial charge in [-0.25, -0.2) is 0 Å². The zero-order valence-electron chi connectivity index (χ0n) is 12.0. The van der Waals surface area contributed by atoms with Gasteiger partial charge in [0.1, 0.15) is 5.69 Å². The van der Waals surface area contributed by atoms with Crippen molar-refractivity contribution in [1.82, 2.24) is 14.4 Å². The number of piperazine rings is 1. The molecule has 0 saturated carbocycles. The molecule has 108 valence electrons. The van der Waals surface area contributed by atoms with Crippen molar-refractivity contribution >= 4 is 21.8 Å². The van der Waals surface area contributed by atoms with Crippen LogP contribution in [0.15, 0.2) is 16.7 Å². The minimum absolute atomic E-state index is 0.102. The summed E-state index contributed by atoms with van der Waals surface area (Å²) in [5.41, 5.74) is 0.747. The van der Waals surface area contributed by atoms with E-state index in [0.717, 1.165) is 36.3 Å². The fraction of sp³-hybridized carbons (Fsp3) is 0.533. The molecule has 1 aliphatic rings. The van der Waals surface area contributed by atoms with Gasteiger partial charge >= 0.3 is 0 Å². The highest BCUT2D eigenvalue weighted by Crippen LogP contribution is 2.21. The fourth-order valence-corrected chi connectivity index (χ4v) is 2.88. The van der Waals surface area contributed by atoms with Crippen LogP contribution in [-0.2, 0) is 0 Å². The van der Waals surface area contributed by atoms with Crippen LogP contribution in [0.3, 0.4) is 0 Å². The summed E-state index contributed by atoms with van der Waals surface area (Å²) in [6.07, 6.45) is 7.28. The molecule has 2 rings (SSSR count). The van der Waals surface area contributed by atoms with Crippen LogP contribution in [0.1, 0.15) is 30.4 Å². The Morgan fingerprint density at radius 2 is 2.05 bits per heavy atom. The molecule has 1 fully saturated rings. The van der Waals surface area contributed by atoms with E-state index in [1.807, 2.05) is 21.7 Å². The highest BCUT2D eigenvalue weighted by Gasteiger charge is 2.24. The molecule has 1 saturated heterocycles. The molecule has 2 heterocycles. The van der Waals surface area contributed by atoms with E-state index >= 15 is 0 Å². The molecule has 0 atom stereocenters. The number of aromatic nitrogens is 1. The average Bonchev–Trinajstić information content (AvgIpc) is 2.81. The third kappa shape index (κ3) is 3.25. The van der Waals surface area contributed by atoms with E-state index in [-0.39, 0.29) is 11.9 Å². The number of nitrogens with zero attached hydrogens (tertiary/aromatic N) is 3.